The molecule has 0 atom stereocenters. The van der Waals surface area contributed by atoms with E-state index in [-0.39, 0.29) is 39.1 Å². The number of carbonyl (C=O) groups is 1. The summed E-state index contributed by atoms with van der Waals surface area (Å²) in [5.41, 5.74) is 2.81. The van der Waals surface area contributed by atoms with Crippen LogP contribution in [0.2, 0.25) is 0 Å². The first-order valence-corrected chi connectivity index (χ1v) is 13.6. The number of hydrogen-bond acceptors (Lipinski definition) is 8. The van der Waals surface area contributed by atoms with Crippen LogP contribution in [0.25, 0.3) is 11.1 Å². The maximum atomic E-state index is 13.3. The van der Waals surface area contributed by atoms with Crippen LogP contribution in [0.4, 0.5) is 5.69 Å². The molecule has 10 heteroatoms. The van der Waals surface area contributed by atoms with Gasteiger partial charge in [0.25, 0.3) is 0 Å². The Kier molecular flexibility index (Phi) is 7.38. The first-order chi connectivity index (χ1) is 17.9. The summed E-state index contributed by atoms with van der Waals surface area (Å²) < 4.78 is 39.6. The smallest absolute Gasteiger partial charge is 0.235 e. The van der Waals surface area contributed by atoms with Gasteiger partial charge >= 0.3 is 0 Å². The van der Waals surface area contributed by atoms with Gasteiger partial charge in [0.1, 0.15) is 0 Å². The van der Waals surface area contributed by atoms with Crippen molar-refractivity contribution in [2.24, 2.45) is 0 Å². The number of carbonyl (C=O) groups excluding carboxylic acids is 1. The molecule has 1 amide bonds. The van der Waals surface area contributed by atoms with Gasteiger partial charge in [0.05, 0.1) is 30.1 Å². The van der Waals surface area contributed by atoms with Gasteiger partial charge in [-0.1, -0.05) is 30.3 Å². The fourth-order valence-corrected chi connectivity index (χ4v) is 5.39. The number of hydrogen-bond donors (Lipinski definition) is 5. The van der Waals surface area contributed by atoms with Crippen LogP contribution in [0.15, 0.2) is 71.6 Å². The third-order valence-electron chi connectivity index (χ3n) is 6.53. The van der Waals surface area contributed by atoms with E-state index in [1.807, 2.05) is 54.6 Å². The maximum Gasteiger partial charge on any atom is 0.235 e. The first-order valence-electron chi connectivity index (χ1n) is 12.0. The van der Waals surface area contributed by atoms with Crippen LogP contribution in [0.3, 0.4) is 0 Å². The topological polar surface area (TPSA) is 130 Å². The number of anilines is 1. The third-order valence-corrected chi connectivity index (χ3v) is 8.07. The SMILES string of the molecule is O=C(Nc1cccc(-c2ccc(S(O)(O)NCCOCCO)cc2)c1)C1(c2ccc3c(c2)OCO3)CC1. The minimum Gasteiger partial charge on any atom is -0.454 e. The van der Waals surface area contributed by atoms with Crippen molar-refractivity contribution in [3.8, 4) is 22.6 Å². The van der Waals surface area contributed by atoms with E-state index in [2.05, 4.69) is 10.0 Å². The molecule has 5 N–H and O–H groups in total. The second-order valence-corrected chi connectivity index (χ2v) is 10.8. The Bertz CT molecular complexity index is 1260. The van der Waals surface area contributed by atoms with Crippen molar-refractivity contribution >= 4 is 22.4 Å². The Hall–Kier alpha value is -3.12. The predicted octanol–water partition coefficient (Wildman–Crippen LogP) is 4.38. The molecule has 1 aliphatic carbocycles. The molecule has 0 aromatic heterocycles. The molecule has 5 rings (SSSR count). The van der Waals surface area contributed by atoms with E-state index in [1.165, 1.54) is 0 Å². The summed E-state index contributed by atoms with van der Waals surface area (Å²) >= 11 is 0. The van der Waals surface area contributed by atoms with Gasteiger partial charge in [-0.05, 0) is 65.9 Å². The molecule has 37 heavy (non-hydrogen) atoms. The number of amides is 1. The van der Waals surface area contributed by atoms with Crippen molar-refractivity contribution in [3.05, 3.63) is 72.3 Å². The van der Waals surface area contributed by atoms with E-state index in [9.17, 15) is 13.9 Å². The zero-order valence-electron chi connectivity index (χ0n) is 20.2. The van der Waals surface area contributed by atoms with E-state index in [0.29, 0.717) is 22.1 Å². The molecule has 3 aromatic rings. The second kappa shape index (κ2) is 10.7. The van der Waals surface area contributed by atoms with Gasteiger partial charge in [0, 0.05) is 12.2 Å². The van der Waals surface area contributed by atoms with Gasteiger partial charge < -0.3 is 24.6 Å². The molecule has 1 aliphatic heterocycles. The highest BCUT2D eigenvalue weighted by atomic mass is 32.3. The standard InChI is InChI=1S/C27H30N2O7S/c30-13-15-34-14-12-28-37(32,33)23-7-4-19(5-8-23)20-2-1-3-22(16-20)29-26(31)27(10-11-27)21-6-9-24-25(17-21)36-18-35-24/h1-9,16-17,28,30,32-33H,10-15,18H2,(H,29,31). The van der Waals surface area contributed by atoms with Gasteiger partial charge in [-0.2, -0.15) is 0 Å². The van der Waals surface area contributed by atoms with Crippen molar-refractivity contribution < 1.29 is 33.2 Å². The van der Waals surface area contributed by atoms with Crippen LogP contribution < -0.4 is 19.5 Å². The summed E-state index contributed by atoms with van der Waals surface area (Å²) in [6, 6.07) is 20.2. The number of benzene rings is 3. The average molecular weight is 527 g/mol. The third kappa shape index (κ3) is 5.59. The molecule has 196 valence electrons. The fourth-order valence-electron chi connectivity index (χ4n) is 4.34. The zero-order chi connectivity index (χ0) is 25.9. The summed E-state index contributed by atoms with van der Waals surface area (Å²) in [5.74, 6) is 1.31. The summed E-state index contributed by atoms with van der Waals surface area (Å²) in [6.45, 7) is 0.807. The predicted molar refractivity (Wildman–Crippen MR) is 141 cm³/mol. The molecule has 0 unspecified atom stereocenters. The number of aliphatic hydroxyl groups is 1. The van der Waals surface area contributed by atoms with Crippen molar-refractivity contribution in [1.82, 2.24) is 4.72 Å². The van der Waals surface area contributed by atoms with Crippen molar-refractivity contribution in [1.29, 1.82) is 0 Å². The molecule has 2 aliphatic rings. The molecule has 0 saturated heterocycles. The Balaban J connectivity index is 1.24. The van der Waals surface area contributed by atoms with Gasteiger partial charge in [-0.3, -0.25) is 13.9 Å². The lowest BCUT2D eigenvalue weighted by Gasteiger charge is -2.33. The highest BCUT2D eigenvalue weighted by molar-refractivity contribution is 8.22. The molecular formula is C27H30N2O7S. The lowest BCUT2D eigenvalue weighted by atomic mass is 9.94. The van der Waals surface area contributed by atoms with E-state index in [1.54, 1.807) is 12.1 Å². The Morgan fingerprint density at radius 1 is 0.946 bits per heavy atom. The quantitative estimate of drug-likeness (QED) is 0.233. The van der Waals surface area contributed by atoms with Crippen LogP contribution in [0.5, 0.6) is 11.5 Å². The van der Waals surface area contributed by atoms with E-state index in [4.69, 9.17) is 19.3 Å². The summed E-state index contributed by atoms with van der Waals surface area (Å²) in [5, 5.41) is 11.8. The van der Waals surface area contributed by atoms with Gasteiger partial charge in [-0.15, -0.1) is 10.8 Å². The van der Waals surface area contributed by atoms with Crippen molar-refractivity contribution in [3.63, 3.8) is 0 Å². The molecule has 0 bridgehead atoms. The number of ether oxygens (including phenoxy) is 3. The second-order valence-electron chi connectivity index (χ2n) is 8.99. The minimum absolute atomic E-state index is 0.0538. The average Bonchev–Trinajstić information content (AvgIpc) is 3.59. The van der Waals surface area contributed by atoms with Gasteiger partial charge in [0.2, 0.25) is 12.7 Å². The maximum absolute atomic E-state index is 13.3. The van der Waals surface area contributed by atoms with Crippen LogP contribution in [-0.4, -0.2) is 53.3 Å². The lowest BCUT2D eigenvalue weighted by molar-refractivity contribution is -0.118. The summed E-state index contributed by atoms with van der Waals surface area (Å²) in [7, 11) is -3.18. The molecular weight excluding hydrogens is 496 g/mol. The summed E-state index contributed by atoms with van der Waals surface area (Å²) in [6.07, 6.45) is 1.54. The normalized spacial score (nSPS) is 15.9. The van der Waals surface area contributed by atoms with Gasteiger partial charge in [-0.25, -0.2) is 4.72 Å². The number of rotatable bonds is 11. The van der Waals surface area contributed by atoms with Crippen molar-refractivity contribution in [2.45, 2.75) is 23.2 Å². The Morgan fingerprint density at radius 3 is 2.49 bits per heavy atom. The van der Waals surface area contributed by atoms with Crippen LogP contribution in [-0.2, 0) is 14.9 Å². The Labute approximate surface area is 216 Å². The molecule has 0 radical (unpaired) electrons. The zero-order valence-corrected chi connectivity index (χ0v) is 21.0. The summed E-state index contributed by atoms with van der Waals surface area (Å²) in [4.78, 5) is 13.6. The van der Waals surface area contributed by atoms with E-state index in [0.717, 1.165) is 29.5 Å². The highest BCUT2D eigenvalue weighted by Crippen LogP contribution is 2.51. The molecule has 1 fully saturated rings. The monoisotopic (exact) mass is 526 g/mol. The molecule has 1 saturated carbocycles. The van der Waals surface area contributed by atoms with Crippen LogP contribution in [0, 0.1) is 0 Å². The van der Waals surface area contributed by atoms with Crippen LogP contribution in [0.1, 0.15) is 18.4 Å². The Morgan fingerprint density at radius 2 is 1.73 bits per heavy atom. The molecule has 3 aromatic carbocycles. The van der Waals surface area contributed by atoms with Gasteiger partial charge in [0.15, 0.2) is 11.5 Å². The highest BCUT2D eigenvalue weighted by Gasteiger charge is 2.51. The minimum atomic E-state index is -3.18. The molecule has 0 spiro atoms. The lowest BCUT2D eigenvalue weighted by Crippen LogP contribution is -2.27. The first kappa shape index (κ1) is 25.5. The van der Waals surface area contributed by atoms with Crippen LogP contribution >= 0.6 is 10.8 Å². The number of aliphatic hydroxyl groups excluding tert-OH is 1. The molecule has 1 heterocycles. The van der Waals surface area contributed by atoms with E-state index >= 15 is 0 Å². The fraction of sp³-hybridized carbons (Fsp3) is 0.296. The largest absolute Gasteiger partial charge is 0.454 e. The molecule has 9 nitrogen and oxygen atoms in total. The van der Waals surface area contributed by atoms with E-state index < -0.39 is 16.2 Å². The van der Waals surface area contributed by atoms with Crippen molar-refractivity contribution in [2.75, 3.05) is 38.5 Å². The number of fused-ring (bicyclic) bond motifs is 1. The number of nitrogens with one attached hydrogen (secondary N) is 2.